The molecule has 92 valence electrons. The summed E-state index contributed by atoms with van der Waals surface area (Å²) in [5.74, 6) is 0. The summed E-state index contributed by atoms with van der Waals surface area (Å²) >= 11 is 0. The van der Waals surface area contributed by atoms with Gasteiger partial charge in [0.05, 0.1) is 29.2 Å². The molecular weight excluding hydrogens is 214 g/mol. The van der Waals surface area contributed by atoms with Crippen LogP contribution in [0.4, 0.5) is 5.69 Å². The number of anilines is 1. The largest absolute Gasteiger partial charge is 0.369 e. The average Bonchev–Trinajstić information content (AvgIpc) is 2.64. The van der Waals surface area contributed by atoms with Crippen LogP contribution in [0.2, 0.25) is 0 Å². The number of nitrogens with one attached hydrogen (secondary N) is 2. The fourth-order valence-electron chi connectivity index (χ4n) is 2.45. The zero-order valence-electron chi connectivity index (χ0n) is 10.5. The van der Waals surface area contributed by atoms with E-state index in [1.165, 1.54) is 0 Å². The molecule has 2 rings (SSSR count). The lowest BCUT2D eigenvalue weighted by atomic mass is 10.1. The van der Waals surface area contributed by atoms with Gasteiger partial charge < -0.3 is 10.6 Å². The van der Waals surface area contributed by atoms with Gasteiger partial charge in [-0.05, 0) is 39.8 Å². The summed E-state index contributed by atoms with van der Waals surface area (Å²) in [6.07, 6.45) is 2.25. The van der Waals surface area contributed by atoms with E-state index >= 15 is 0 Å². The molecule has 0 atom stereocenters. The minimum Gasteiger partial charge on any atom is -0.369 e. The Labute approximate surface area is 102 Å². The second kappa shape index (κ2) is 5.19. The van der Waals surface area contributed by atoms with E-state index in [0.717, 1.165) is 43.0 Å². The van der Waals surface area contributed by atoms with Crippen LogP contribution in [0.1, 0.15) is 30.3 Å². The van der Waals surface area contributed by atoms with Crippen molar-refractivity contribution in [1.82, 2.24) is 15.1 Å². The SMILES string of the molecule is Cc1nn(C2CCNCC2)c(C)c1NCC#N. The first kappa shape index (κ1) is 11.9. The minimum absolute atomic E-state index is 0.333. The number of rotatable bonds is 3. The number of piperidine rings is 1. The fourth-order valence-corrected chi connectivity index (χ4v) is 2.45. The van der Waals surface area contributed by atoms with Crippen LogP contribution in [0.25, 0.3) is 0 Å². The van der Waals surface area contributed by atoms with Crippen LogP contribution in [0.15, 0.2) is 0 Å². The highest BCUT2D eigenvalue weighted by molar-refractivity contribution is 5.52. The summed E-state index contributed by atoms with van der Waals surface area (Å²) in [6.45, 7) is 6.51. The van der Waals surface area contributed by atoms with Gasteiger partial charge in [0.25, 0.3) is 0 Å². The predicted octanol–water partition coefficient (Wildman–Crippen LogP) is 1.36. The van der Waals surface area contributed by atoms with Gasteiger partial charge in [-0.3, -0.25) is 4.68 Å². The maximum atomic E-state index is 8.62. The van der Waals surface area contributed by atoms with E-state index in [4.69, 9.17) is 5.26 Å². The summed E-state index contributed by atoms with van der Waals surface area (Å²) in [5.41, 5.74) is 3.14. The van der Waals surface area contributed by atoms with Crippen molar-refractivity contribution in [2.45, 2.75) is 32.7 Å². The molecule has 5 nitrogen and oxygen atoms in total. The van der Waals surface area contributed by atoms with Gasteiger partial charge in [-0.1, -0.05) is 0 Å². The molecular formula is C12H19N5. The van der Waals surface area contributed by atoms with Crippen LogP contribution in [0.3, 0.4) is 0 Å². The Morgan fingerprint density at radius 2 is 2.18 bits per heavy atom. The molecule has 1 saturated heterocycles. The topological polar surface area (TPSA) is 65.7 Å². The molecule has 0 radical (unpaired) electrons. The smallest absolute Gasteiger partial charge is 0.103 e. The third-order valence-electron chi connectivity index (χ3n) is 3.32. The summed E-state index contributed by atoms with van der Waals surface area (Å²) in [5, 5.41) is 19.7. The lowest BCUT2D eigenvalue weighted by Gasteiger charge is -2.24. The van der Waals surface area contributed by atoms with Crippen molar-refractivity contribution in [1.29, 1.82) is 5.26 Å². The van der Waals surface area contributed by atoms with Crippen LogP contribution >= 0.6 is 0 Å². The molecule has 17 heavy (non-hydrogen) atoms. The van der Waals surface area contributed by atoms with Crippen LogP contribution < -0.4 is 10.6 Å². The van der Waals surface area contributed by atoms with Crippen molar-refractivity contribution in [3.05, 3.63) is 11.4 Å². The molecule has 1 aliphatic rings. The monoisotopic (exact) mass is 233 g/mol. The average molecular weight is 233 g/mol. The van der Waals surface area contributed by atoms with Crippen LogP contribution in [0.5, 0.6) is 0 Å². The summed E-state index contributed by atoms with van der Waals surface area (Å²) in [6, 6.07) is 2.59. The third kappa shape index (κ3) is 2.42. The van der Waals surface area contributed by atoms with Gasteiger partial charge in [-0.25, -0.2) is 0 Å². The number of aromatic nitrogens is 2. The van der Waals surface area contributed by atoms with Gasteiger partial charge in [-0.15, -0.1) is 0 Å². The molecule has 1 aromatic rings. The fraction of sp³-hybridized carbons (Fsp3) is 0.667. The van der Waals surface area contributed by atoms with E-state index in [0.29, 0.717) is 12.6 Å². The Morgan fingerprint density at radius 1 is 1.47 bits per heavy atom. The van der Waals surface area contributed by atoms with E-state index in [1.54, 1.807) is 0 Å². The molecule has 1 aliphatic heterocycles. The van der Waals surface area contributed by atoms with Crippen molar-refractivity contribution >= 4 is 5.69 Å². The Morgan fingerprint density at radius 3 is 2.82 bits per heavy atom. The second-order valence-electron chi connectivity index (χ2n) is 4.48. The van der Waals surface area contributed by atoms with Crippen molar-refractivity contribution in [3.63, 3.8) is 0 Å². The Hall–Kier alpha value is -1.54. The number of hydrogen-bond acceptors (Lipinski definition) is 4. The maximum Gasteiger partial charge on any atom is 0.103 e. The highest BCUT2D eigenvalue weighted by Crippen LogP contribution is 2.26. The molecule has 0 saturated carbocycles. The quantitative estimate of drug-likeness (QED) is 0.774. The van der Waals surface area contributed by atoms with Crippen LogP contribution in [-0.4, -0.2) is 29.4 Å². The molecule has 1 aromatic heterocycles. The molecule has 1 fully saturated rings. The highest BCUT2D eigenvalue weighted by Gasteiger charge is 2.20. The van der Waals surface area contributed by atoms with E-state index < -0.39 is 0 Å². The molecule has 5 heteroatoms. The molecule has 0 unspecified atom stereocenters. The second-order valence-corrected chi connectivity index (χ2v) is 4.48. The van der Waals surface area contributed by atoms with E-state index in [1.807, 2.05) is 6.92 Å². The van der Waals surface area contributed by atoms with Gasteiger partial charge >= 0.3 is 0 Å². The summed E-state index contributed by atoms with van der Waals surface area (Å²) < 4.78 is 2.12. The van der Waals surface area contributed by atoms with Crippen LogP contribution in [0, 0.1) is 25.2 Å². The summed E-state index contributed by atoms with van der Waals surface area (Å²) in [7, 11) is 0. The maximum absolute atomic E-state index is 8.62. The Bertz CT molecular complexity index is 423. The first-order chi connectivity index (χ1) is 8.24. The van der Waals surface area contributed by atoms with Gasteiger partial charge in [0.15, 0.2) is 0 Å². The molecule has 2 N–H and O–H groups in total. The van der Waals surface area contributed by atoms with Crippen molar-refractivity contribution in [3.8, 4) is 6.07 Å². The molecule has 0 aliphatic carbocycles. The van der Waals surface area contributed by atoms with E-state index in [-0.39, 0.29) is 0 Å². The molecule has 0 amide bonds. The molecule has 0 bridgehead atoms. The van der Waals surface area contributed by atoms with E-state index in [2.05, 4.69) is 33.4 Å². The Balaban J connectivity index is 2.20. The molecule has 0 aromatic carbocycles. The summed E-state index contributed by atoms with van der Waals surface area (Å²) in [4.78, 5) is 0. The highest BCUT2D eigenvalue weighted by atomic mass is 15.3. The zero-order valence-corrected chi connectivity index (χ0v) is 10.5. The minimum atomic E-state index is 0.333. The number of aryl methyl sites for hydroxylation is 1. The van der Waals surface area contributed by atoms with Crippen molar-refractivity contribution < 1.29 is 0 Å². The van der Waals surface area contributed by atoms with Gasteiger partial charge in [0.1, 0.15) is 6.54 Å². The third-order valence-corrected chi connectivity index (χ3v) is 3.32. The lowest BCUT2D eigenvalue weighted by molar-refractivity contribution is 0.337. The van der Waals surface area contributed by atoms with Gasteiger partial charge in [0.2, 0.25) is 0 Å². The number of nitrogens with zero attached hydrogens (tertiary/aromatic N) is 3. The van der Waals surface area contributed by atoms with Crippen molar-refractivity contribution in [2.75, 3.05) is 25.0 Å². The standard InChI is InChI=1S/C12H19N5/c1-9-12(15-8-5-13)10(2)17(16-9)11-3-6-14-7-4-11/h11,14-15H,3-4,6-8H2,1-2H3. The first-order valence-corrected chi connectivity index (χ1v) is 6.11. The van der Waals surface area contributed by atoms with Gasteiger partial charge in [-0.2, -0.15) is 10.4 Å². The first-order valence-electron chi connectivity index (χ1n) is 6.11. The molecule has 2 heterocycles. The predicted molar refractivity (Wildman–Crippen MR) is 66.9 cm³/mol. The Kier molecular flexibility index (Phi) is 3.64. The van der Waals surface area contributed by atoms with Gasteiger partial charge in [0, 0.05) is 0 Å². The van der Waals surface area contributed by atoms with E-state index in [9.17, 15) is 0 Å². The lowest BCUT2D eigenvalue weighted by Crippen LogP contribution is -2.30. The molecule has 0 spiro atoms. The number of hydrogen-bond donors (Lipinski definition) is 2. The van der Waals surface area contributed by atoms with Crippen LogP contribution in [-0.2, 0) is 0 Å². The zero-order chi connectivity index (χ0) is 12.3. The number of nitriles is 1. The van der Waals surface area contributed by atoms with Crippen molar-refractivity contribution in [2.24, 2.45) is 0 Å². The normalized spacial score (nSPS) is 16.8.